The molecule has 0 radical (unpaired) electrons. The Bertz CT molecular complexity index is 1090. The Labute approximate surface area is 183 Å². The van der Waals surface area contributed by atoms with Crippen LogP contribution in [-0.4, -0.2) is 33.4 Å². The van der Waals surface area contributed by atoms with Crippen molar-refractivity contribution in [1.29, 1.82) is 0 Å². The summed E-state index contributed by atoms with van der Waals surface area (Å²) in [6, 6.07) is 10.3. The van der Waals surface area contributed by atoms with Crippen molar-refractivity contribution in [3.63, 3.8) is 0 Å². The van der Waals surface area contributed by atoms with Gasteiger partial charge in [-0.25, -0.2) is 0 Å². The largest absolute Gasteiger partial charge is 0.467 e. The van der Waals surface area contributed by atoms with Crippen molar-refractivity contribution >= 4 is 17.3 Å². The number of ether oxygens (including phenoxy) is 2. The van der Waals surface area contributed by atoms with E-state index in [2.05, 4.69) is 22.0 Å². The fraction of sp³-hybridized carbons (Fsp3) is 0.333. The molecule has 2 heterocycles. The molecule has 1 aliphatic rings. The van der Waals surface area contributed by atoms with Gasteiger partial charge in [0.1, 0.15) is 5.75 Å². The predicted molar refractivity (Wildman–Crippen MR) is 113 cm³/mol. The highest BCUT2D eigenvalue weighted by Gasteiger charge is 2.23. The average molecular weight is 445 g/mol. The van der Waals surface area contributed by atoms with Gasteiger partial charge >= 0.3 is 0 Å². The maximum Gasteiger partial charge on any atom is 0.270 e. The smallest absolute Gasteiger partial charge is 0.270 e. The SMILES string of the molecule is CCCN(Cc1nnc(-c2ccccc2Cl)o1)Cc1cc([N+](=O)[O-])cc2c1OCOC2. The van der Waals surface area contributed by atoms with E-state index >= 15 is 0 Å². The fourth-order valence-electron chi connectivity index (χ4n) is 3.53. The summed E-state index contributed by atoms with van der Waals surface area (Å²) in [6.45, 7) is 4.01. The molecule has 4 rings (SSSR count). The number of rotatable bonds is 8. The monoisotopic (exact) mass is 444 g/mol. The highest BCUT2D eigenvalue weighted by atomic mass is 35.5. The number of benzene rings is 2. The molecule has 0 atom stereocenters. The van der Waals surface area contributed by atoms with E-state index in [1.807, 2.05) is 18.2 Å². The van der Waals surface area contributed by atoms with Crippen LogP contribution in [0.4, 0.5) is 5.69 Å². The van der Waals surface area contributed by atoms with Crippen LogP contribution in [-0.2, 0) is 24.4 Å². The van der Waals surface area contributed by atoms with Crippen LogP contribution >= 0.6 is 11.6 Å². The van der Waals surface area contributed by atoms with E-state index in [1.54, 1.807) is 12.1 Å². The van der Waals surface area contributed by atoms with Gasteiger partial charge in [-0.3, -0.25) is 15.0 Å². The first kappa shape index (κ1) is 21.2. The third kappa shape index (κ3) is 4.84. The highest BCUT2D eigenvalue weighted by molar-refractivity contribution is 6.33. The lowest BCUT2D eigenvalue weighted by atomic mass is 10.1. The molecule has 2 aromatic carbocycles. The Morgan fingerprint density at radius 3 is 2.84 bits per heavy atom. The van der Waals surface area contributed by atoms with Crippen LogP contribution in [0.25, 0.3) is 11.5 Å². The summed E-state index contributed by atoms with van der Waals surface area (Å²) in [5.74, 6) is 1.43. The lowest BCUT2D eigenvalue weighted by Gasteiger charge is -2.24. The first-order valence-corrected chi connectivity index (χ1v) is 10.2. The minimum Gasteiger partial charge on any atom is -0.467 e. The van der Waals surface area contributed by atoms with Gasteiger partial charge in [-0.1, -0.05) is 30.7 Å². The van der Waals surface area contributed by atoms with Gasteiger partial charge in [0.05, 0.1) is 28.7 Å². The van der Waals surface area contributed by atoms with Gasteiger partial charge in [0, 0.05) is 29.8 Å². The summed E-state index contributed by atoms with van der Waals surface area (Å²) in [6.07, 6.45) is 0.882. The molecule has 31 heavy (non-hydrogen) atoms. The van der Waals surface area contributed by atoms with Gasteiger partial charge < -0.3 is 13.9 Å². The van der Waals surface area contributed by atoms with Crippen LogP contribution in [0, 0.1) is 10.1 Å². The van der Waals surface area contributed by atoms with E-state index in [9.17, 15) is 10.1 Å². The van der Waals surface area contributed by atoms with Crippen molar-refractivity contribution in [3.05, 3.63) is 68.6 Å². The Balaban J connectivity index is 1.57. The normalized spacial score (nSPS) is 13.1. The van der Waals surface area contributed by atoms with Gasteiger partial charge in [0.15, 0.2) is 6.79 Å². The van der Waals surface area contributed by atoms with Crippen molar-refractivity contribution in [2.45, 2.75) is 33.0 Å². The standard InChI is InChI=1S/C21H21ClN4O5/c1-2-7-25(11-19-23-24-21(31-19)17-5-3-4-6-18(17)22)10-14-8-16(26(27)28)9-15-12-29-13-30-20(14)15/h3-6,8-9H,2,7,10-13H2,1H3. The molecule has 0 saturated heterocycles. The van der Waals surface area contributed by atoms with Gasteiger partial charge in [-0.05, 0) is 25.1 Å². The quantitative estimate of drug-likeness (QED) is 0.367. The molecule has 0 spiro atoms. The Morgan fingerprint density at radius 2 is 2.06 bits per heavy atom. The molecule has 0 N–H and O–H groups in total. The Hall–Kier alpha value is -3.01. The van der Waals surface area contributed by atoms with Crippen molar-refractivity contribution in [3.8, 4) is 17.2 Å². The fourth-order valence-corrected chi connectivity index (χ4v) is 3.74. The summed E-state index contributed by atoms with van der Waals surface area (Å²) in [4.78, 5) is 13.1. The second-order valence-electron chi connectivity index (χ2n) is 7.15. The molecule has 0 aliphatic carbocycles. The van der Waals surface area contributed by atoms with Gasteiger partial charge in [-0.2, -0.15) is 0 Å². The maximum absolute atomic E-state index is 11.4. The number of halogens is 1. The predicted octanol–water partition coefficient (Wildman–Crippen LogP) is 4.58. The van der Waals surface area contributed by atoms with Crippen molar-refractivity contribution in [2.75, 3.05) is 13.3 Å². The molecule has 162 valence electrons. The van der Waals surface area contributed by atoms with Crippen LogP contribution in [0.15, 0.2) is 40.8 Å². The van der Waals surface area contributed by atoms with E-state index in [1.165, 1.54) is 6.07 Å². The number of nitro benzene ring substituents is 1. The molecule has 0 bridgehead atoms. The number of nitrogens with zero attached hydrogens (tertiary/aromatic N) is 4. The van der Waals surface area contributed by atoms with E-state index < -0.39 is 4.92 Å². The lowest BCUT2D eigenvalue weighted by Crippen LogP contribution is -2.25. The third-order valence-electron chi connectivity index (χ3n) is 4.85. The average Bonchev–Trinajstić information content (AvgIpc) is 3.22. The van der Waals surface area contributed by atoms with Crippen LogP contribution in [0.5, 0.6) is 5.75 Å². The number of non-ortho nitro benzene ring substituents is 1. The molecule has 0 unspecified atom stereocenters. The summed E-state index contributed by atoms with van der Waals surface area (Å²) in [5.41, 5.74) is 2.08. The van der Waals surface area contributed by atoms with E-state index in [-0.39, 0.29) is 19.1 Å². The zero-order chi connectivity index (χ0) is 21.8. The van der Waals surface area contributed by atoms with E-state index in [0.717, 1.165) is 18.5 Å². The number of fused-ring (bicyclic) bond motifs is 1. The number of aromatic nitrogens is 2. The second kappa shape index (κ2) is 9.42. The Morgan fingerprint density at radius 1 is 1.23 bits per heavy atom. The number of hydrogen-bond acceptors (Lipinski definition) is 8. The first-order chi connectivity index (χ1) is 15.0. The van der Waals surface area contributed by atoms with Crippen LogP contribution in [0.3, 0.4) is 0 Å². The zero-order valence-corrected chi connectivity index (χ0v) is 17.7. The molecule has 9 nitrogen and oxygen atoms in total. The van der Waals surface area contributed by atoms with Gasteiger partial charge in [0.25, 0.3) is 5.69 Å². The number of hydrogen-bond donors (Lipinski definition) is 0. The summed E-state index contributed by atoms with van der Waals surface area (Å²) < 4.78 is 16.8. The molecule has 1 aromatic heterocycles. The second-order valence-corrected chi connectivity index (χ2v) is 7.56. The molecular weight excluding hydrogens is 424 g/mol. The molecule has 0 amide bonds. The summed E-state index contributed by atoms with van der Waals surface area (Å²) in [5, 5.41) is 20.2. The van der Waals surface area contributed by atoms with Gasteiger partial charge in [0.2, 0.25) is 11.8 Å². The summed E-state index contributed by atoms with van der Waals surface area (Å²) >= 11 is 6.22. The minimum atomic E-state index is -0.406. The van der Waals surface area contributed by atoms with Crippen LogP contribution in [0.1, 0.15) is 30.4 Å². The maximum atomic E-state index is 11.4. The van der Waals surface area contributed by atoms with Crippen molar-refractivity contribution < 1.29 is 18.8 Å². The molecule has 10 heteroatoms. The van der Waals surface area contributed by atoms with E-state index in [4.69, 9.17) is 25.5 Å². The van der Waals surface area contributed by atoms with Crippen molar-refractivity contribution in [1.82, 2.24) is 15.1 Å². The molecule has 3 aromatic rings. The summed E-state index contributed by atoms with van der Waals surface area (Å²) in [7, 11) is 0. The highest BCUT2D eigenvalue weighted by Crippen LogP contribution is 2.34. The van der Waals surface area contributed by atoms with Crippen molar-refractivity contribution in [2.24, 2.45) is 0 Å². The zero-order valence-electron chi connectivity index (χ0n) is 16.9. The van der Waals surface area contributed by atoms with Crippen LogP contribution < -0.4 is 4.74 Å². The topological polar surface area (TPSA) is 104 Å². The van der Waals surface area contributed by atoms with E-state index in [0.29, 0.717) is 46.8 Å². The molecule has 0 saturated carbocycles. The Kier molecular flexibility index (Phi) is 6.45. The van der Waals surface area contributed by atoms with Crippen LogP contribution in [0.2, 0.25) is 5.02 Å². The van der Waals surface area contributed by atoms with Gasteiger partial charge in [-0.15, -0.1) is 10.2 Å². The third-order valence-corrected chi connectivity index (χ3v) is 5.18. The lowest BCUT2D eigenvalue weighted by molar-refractivity contribution is -0.385. The number of nitro groups is 1. The molecule has 1 aliphatic heterocycles. The first-order valence-electron chi connectivity index (χ1n) is 9.85. The molecule has 0 fully saturated rings. The molecular formula is C21H21ClN4O5. The minimum absolute atomic E-state index is 0.0121.